The predicted molar refractivity (Wildman–Crippen MR) is 71.6 cm³/mol. The van der Waals surface area contributed by atoms with Gasteiger partial charge in [-0.05, 0) is 30.5 Å². The van der Waals surface area contributed by atoms with Crippen molar-refractivity contribution in [3.63, 3.8) is 0 Å². The second-order valence-corrected chi connectivity index (χ2v) is 6.01. The fourth-order valence-corrected chi connectivity index (χ4v) is 3.06. The molecule has 2 nitrogen and oxygen atoms in total. The van der Waals surface area contributed by atoms with Gasteiger partial charge in [-0.25, -0.2) is 0 Å². The molecule has 1 saturated heterocycles. The summed E-state index contributed by atoms with van der Waals surface area (Å²) in [5, 5.41) is 3.00. The van der Waals surface area contributed by atoms with Crippen LogP contribution in [-0.2, 0) is 10.5 Å². The Morgan fingerprint density at radius 3 is 3.00 bits per heavy atom. The lowest BCUT2D eigenvalue weighted by Gasteiger charge is -2.07. The number of aryl methyl sites for hydroxylation is 1. The number of rotatable bonds is 3. The number of carbonyl (C=O) groups is 1. The van der Waals surface area contributed by atoms with Gasteiger partial charge in [-0.15, -0.1) is 11.8 Å². The van der Waals surface area contributed by atoms with Gasteiger partial charge in [0, 0.05) is 16.8 Å². The maximum absolute atomic E-state index is 11.4. The molecule has 0 bridgehead atoms. The molecule has 2 rings (SSSR count). The first-order valence-electron chi connectivity index (χ1n) is 5.31. The Balaban J connectivity index is 1.94. The first kappa shape index (κ1) is 12.0. The maximum atomic E-state index is 11.4. The van der Waals surface area contributed by atoms with Gasteiger partial charge < -0.3 is 5.32 Å². The standard InChI is InChI=1S/C12H14BrNOS/c1-8-6-9(2-3-10(8)13)7-16-11-4-5-14-12(11)15/h2-3,6,11H,4-5,7H2,1H3,(H,14,15)/t11-/m1/s1. The van der Waals surface area contributed by atoms with E-state index in [0.717, 1.165) is 23.2 Å². The molecule has 0 unspecified atom stereocenters. The van der Waals surface area contributed by atoms with E-state index in [9.17, 15) is 4.79 Å². The summed E-state index contributed by atoms with van der Waals surface area (Å²) in [4.78, 5) is 11.4. The Morgan fingerprint density at radius 1 is 1.56 bits per heavy atom. The highest BCUT2D eigenvalue weighted by atomic mass is 79.9. The number of halogens is 1. The lowest BCUT2D eigenvalue weighted by molar-refractivity contribution is -0.118. The first-order valence-corrected chi connectivity index (χ1v) is 7.15. The van der Waals surface area contributed by atoms with Crippen molar-refractivity contribution in [2.75, 3.05) is 6.54 Å². The molecule has 1 fully saturated rings. The molecular formula is C12H14BrNOS. The minimum absolute atomic E-state index is 0.143. The topological polar surface area (TPSA) is 29.1 Å². The lowest BCUT2D eigenvalue weighted by atomic mass is 10.2. The zero-order chi connectivity index (χ0) is 11.5. The van der Waals surface area contributed by atoms with Gasteiger partial charge in [0.25, 0.3) is 0 Å². The molecule has 4 heteroatoms. The monoisotopic (exact) mass is 299 g/mol. The molecule has 1 aliphatic heterocycles. The van der Waals surface area contributed by atoms with Crippen LogP contribution in [0, 0.1) is 6.92 Å². The van der Waals surface area contributed by atoms with Gasteiger partial charge in [-0.1, -0.05) is 28.1 Å². The zero-order valence-corrected chi connectivity index (χ0v) is 11.5. The van der Waals surface area contributed by atoms with Crippen LogP contribution in [0.25, 0.3) is 0 Å². The number of thioether (sulfide) groups is 1. The molecular weight excluding hydrogens is 286 g/mol. The second-order valence-electron chi connectivity index (χ2n) is 3.96. The Bertz CT molecular complexity index is 408. The molecule has 86 valence electrons. The van der Waals surface area contributed by atoms with Crippen LogP contribution in [-0.4, -0.2) is 17.7 Å². The van der Waals surface area contributed by atoms with Gasteiger partial charge >= 0.3 is 0 Å². The predicted octanol–water partition coefficient (Wildman–Crippen LogP) is 2.88. The Morgan fingerprint density at radius 2 is 2.38 bits per heavy atom. The van der Waals surface area contributed by atoms with Crippen molar-refractivity contribution < 1.29 is 4.79 Å². The van der Waals surface area contributed by atoms with Gasteiger partial charge in [0.05, 0.1) is 5.25 Å². The third kappa shape index (κ3) is 2.80. The minimum Gasteiger partial charge on any atom is -0.355 e. The maximum Gasteiger partial charge on any atom is 0.233 e. The average molecular weight is 300 g/mol. The van der Waals surface area contributed by atoms with Crippen LogP contribution in [0.2, 0.25) is 0 Å². The summed E-state index contributed by atoms with van der Waals surface area (Å²) in [6.07, 6.45) is 0.957. The van der Waals surface area contributed by atoms with Crippen molar-refractivity contribution >= 4 is 33.6 Å². The van der Waals surface area contributed by atoms with Gasteiger partial charge in [-0.2, -0.15) is 0 Å². The molecule has 1 atom stereocenters. The molecule has 0 aromatic heterocycles. The fourth-order valence-electron chi connectivity index (χ4n) is 1.72. The van der Waals surface area contributed by atoms with Crippen LogP contribution < -0.4 is 5.32 Å². The second kappa shape index (κ2) is 5.23. The number of amides is 1. The summed E-state index contributed by atoms with van der Waals surface area (Å²) in [7, 11) is 0. The van der Waals surface area contributed by atoms with E-state index in [2.05, 4.69) is 46.4 Å². The number of carbonyl (C=O) groups excluding carboxylic acids is 1. The molecule has 0 aliphatic carbocycles. The highest BCUT2D eigenvalue weighted by Crippen LogP contribution is 2.25. The summed E-state index contributed by atoms with van der Waals surface area (Å²) < 4.78 is 1.14. The molecule has 0 spiro atoms. The van der Waals surface area contributed by atoms with Gasteiger partial charge in [0.15, 0.2) is 0 Å². The van der Waals surface area contributed by atoms with E-state index < -0.39 is 0 Å². The molecule has 1 aliphatic rings. The summed E-state index contributed by atoms with van der Waals surface area (Å²) in [6.45, 7) is 2.91. The molecule has 16 heavy (non-hydrogen) atoms. The van der Waals surface area contributed by atoms with Crippen LogP contribution in [0.5, 0.6) is 0 Å². The van der Waals surface area contributed by atoms with E-state index in [4.69, 9.17) is 0 Å². The SMILES string of the molecule is Cc1cc(CS[C@@H]2CCNC2=O)ccc1Br. The molecule has 1 aromatic rings. The van der Waals surface area contributed by atoms with E-state index in [1.165, 1.54) is 11.1 Å². The van der Waals surface area contributed by atoms with Crippen molar-refractivity contribution in [1.82, 2.24) is 5.32 Å². The van der Waals surface area contributed by atoms with Crippen LogP contribution >= 0.6 is 27.7 Å². The largest absolute Gasteiger partial charge is 0.355 e. The highest BCUT2D eigenvalue weighted by Gasteiger charge is 2.23. The summed E-state index contributed by atoms with van der Waals surface area (Å²) >= 11 is 5.22. The number of hydrogen-bond donors (Lipinski definition) is 1. The third-order valence-electron chi connectivity index (χ3n) is 2.67. The average Bonchev–Trinajstić information content (AvgIpc) is 2.66. The van der Waals surface area contributed by atoms with Crippen LogP contribution in [0.4, 0.5) is 0 Å². The molecule has 1 N–H and O–H groups in total. The zero-order valence-electron chi connectivity index (χ0n) is 9.13. The van der Waals surface area contributed by atoms with Crippen molar-refractivity contribution in [2.45, 2.75) is 24.3 Å². The van der Waals surface area contributed by atoms with E-state index in [-0.39, 0.29) is 11.2 Å². The summed E-state index contributed by atoms with van der Waals surface area (Å²) in [5.41, 5.74) is 2.53. The van der Waals surface area contributed by atoms with E-state index in [0.29, 0.717) is 0 Å². The normalized spacial score (nSPS) is 19.9. The van der Waals surface area contributed by atoms with Crippen LogP contribution in [0.15, 0.2) is 22.7 Å². The quantitative estimate of drug-likeness (QED) is 0.930. The van der Waals surface area contributed by atoms with Crippen LogP contribution in [0.1, 0.15) is 17.5 Å². The fraction of sp³-hybridized carbons (Fsp3) is 0.417. The van der Waals surface area contributed by atoms with Gasteiger partial charge in [0.2, 0.25) is 5.91 Å². The van der Waals surface area contributed by atoms with Crippen molar-refractivity contribution in [3.8, 4) is 0 Å². The molecule has 0 saturated carbocycles. The first-order chi connectivity index (χ1) is 7.66. The third-order valence-corrected chi connectivity index (χ3v) is 4.91. The van der Waals surface area contributed by atoms with E-state index in [1.807, 2.05) is 0 Å². The minimum atomic E-state index is 0.143. The Labute approximate surface area is 108 Å². The van der Waals surface area contributed by atoms with Crippen LogP contribution in [0.3, 0.4) is 0 Å². The molecule has 0 radical (unpaired) electrons. The van der Waals surface area contributed by atoms with Crippen molar-refractivity contribution in [1.29, 1.82) is 0 Å². The Kier molecular flexibility index (Phi) is 3.92. The van der Waals surface area contributed by atoms with Crippen molar-refractivity contribution in [3.05, 3.63) is 33.8 Å². The van der Waals surface area contributed by atoms with Gasteiger partial charge in [0.1, 0.15) is 0 Å². The van der Waals surface area contributed by atoms with Crippen molar-refractivity contribution in [2.24, 2.45) is 0 Å². The summed E-state index contributed by atoms with van der Waals surface area (Å²) in [6, 6.07) is 6.35. The van der Waals surface area contributed by atoms with Gasteiger partial charge in [-0.3, -0.25) is 4.79 Å². The summed E-state index contributed by atoms with van der Waals surface area (Å²) in [5.74, 6) is 1.10. The number of benzene rings is 1. The van der Waals surface area contributed by atoms with E-state index in [1.54, 1.807) is 11.8 Å². The number of nitrogens with one attached hydrogen (secondary N) is 1. The lowest BCUT2D eigenvalue weighted by Crippen LogP contribution is -2.20. The molecule has 1 aromatic carbocycles. The number of hydrogen-bond acceptors (Lipinski definition) is 2. The van der Waals surface area contributed by atoms with E-state index >= 15 is 0 Å². The molecule has 1 heterocycles. The Hall–Kier alpha value is -0.480. The smallest absolute Gasteiger partial charge is 0.233 e. The highest BCUT2D eigenvalue weighted by molar-refractivity contribution is 9.10. The molecule has 1 amide bonds.